The van der Waals surface area contributed by atoms with Crippen molar-refractivity contribution < 1.29 is 34.1 Å². The van der Waals surface area contributed by atoms with E-state index in [1.165, 1.54) is 36.4 Å². The van der Waals surface area contributed by atoms with Crippen molar-refractivity contribution in [1.82, 2.24) is 0 Å². The molecule has 0 fully saturated rings. The van der Waals surface area contributed by atoms with E-state index in [-0.39, 0.29) is 33.0 Å². The van der Waals surface area contributed by atoms with Crippen LogP contribution in [-0.4, -0.2) is 34.1 Å². The standard InChI is InChI=1S/C34H16N2O7/c35-15-17-7-9-19-13-27(31(37)38)29-21(25(19)11-17)3-1-5-23(29)33(41)43-34(42)24-6-2-4-22-26-12-18(16-36)8-10-20(26)14-28(30(22)24)32(39)40/h1-14H,(H,37,38)(H,39,40). The number of aromatic carboxylic acids is 2. The van der Waals surface area contributed by atoms with Crippen LogP contribution in [0, 0.1) is 22.7 Å². The largest absolute Gasteiger partial charge is 0.478 e. The topological polar surface area (TPSA) is 166 Å². The molecule has 0 atom stereocenters. The number of rotatable bonds is 4. The van der Waals surface area contributed by atoms with E-state index in [0.29, 0.717) is 43.4 Å². The van der Waals surface area contributed by atoms with Gasteiger partial charge in [0.15, 0.2) is 0 Å². The lowest BCUT2D eigenvalue weighted by atomic mass is 9.92. The summed E-state index contributed by atoms with van der Waals surface area (Å²) in [6.07, 6.45) is 0. The third-order valence-electron chi connectivity index (χ3n) is 7.30. The fourth-order valence-corrected chi connectivity index (χ4v) is 5.43. The first-order valence-electron chi connectivity index (χ1n) is 12.7. The molecule has 6 aromatic carbocycles. The van der Waals surface area contributed by atoms with Crippen LogP contribution in [0.2, 0.25) is 0 Å². The molecule has 2 N–H and O–H groups in total. The van der Waals surface area contributed by atoms with Gasteiger partial charge in [0, 0.05) is 10.8 Å². The Morgan fingerprint density at radius 1 is 0.535 bits per heavy atom. The van der Waals surface area contributed by atoms with Crippen molar-refractivity contribution in [1.29, 1.82) is 10.5 Å². The number of hydrogen-bond acceptors (Lipinski definition) is 7. The Kier molecular flexibility index (Phi) is 6.26. The molecule has 6 rings (SSSR count). The molecule has 0 unspecified atom stereocenters. The van der Waals surface area contributed by atoms with Crippen molar-refractivity contribution in [3.63, 3.8) is 0 Å². The first-order valence-corrected chi connectivity index (χ1v) is 12.7. The predicted octanol–water partition coefficient (Wildman–Crippen LogP) is 6.44. The number of fused-ring (bicyclic) bond motifs is 6. The number of hydrogen-bond donors (Lipinski definition) is 2. The van der Waals surface area contributed by atoms with Gasteiger partial charge in [-0.05, 0) is 80.8 Å². The molecule has 0 amide bonds. The summed E-state index contributed by atoms with van der Waals surface area (Å²) in [6.45, 7) is 0. The highest BCUT2D eigenvalue weighted by Crippen LogP contribution is 2.34. The third-order valence-corrected chi connectivity index (χ3v) is 7.30. The summed E-state index contributed by atoms with van der Waals surface area (Å²) in [5.41, 5.74) is -0.138. The molecule has 0 aliphatic rings. The van der Waals surface area contributed by atoms with Crippen molar-refractivity contribution in [2.75, 3.05) is 0 Å². The summed E-state index contributed by atoms with van der Waals surface area (Å²) in [6, 6.07) is 25.2. The van der Waals surface area contributed by atoms with E-state index < -0.39 is 23.9 Å². The number of carboxylic acids is 2. The number of ether oxygens (including phenoxy) is 1. The van der Waals surface area contributed by atoms with Crippen LogP contribution in [0.25, 0.3) is 43.1 Å². The average molecular weight is 565 g/mol. The number of nitriles is 2. The zero-order valence-corrected chi connectivity index (χ0v) is 21.9. The van der Waals surface area contributed by atoms with Gasteiger partial charge in [-0.15, -0.1) is 0 Å². The minimum atomic E-state index is -1.31. The molecular weight excluding hydrogens is 548 g/mol. The minimum Gasteiger partial charge on any atom is -0.478 e. The maximum absolute atomic E-state index is 13.5. The van der Waals surface area contributed by atoms with Crippen LogP contribution >= 0.6 is 0 Å². The molecule has 0 radical (unpaired) electrons. The normalized spacial score (nSPS) is 10.8. The molecule has 0 aromatic heterocycles. The van der Waals surface area contributed by atoms with Gasteiger partial charge in [-0.2, -0.15) is 10.5 Å². The zero-order chi connectivity index (χ0) is 30.4. The van der Waals surface area contributed by atoms with Gasteiger partial charge in [0.2, 0.25) is 0 Å². The molecule has 0 bridgehead atoms. The van der Waals surface area contributed by atoms with Crippen molar-refractivity contribution in [3.8, 4) is 12.1 Å². The Balaban J connectivity index is 1.51. The first-order chi connectivity index (χ1) is 20.7. The van der Waals surface area contributed by atoms with Crippen LogP contribution in [0.3, 0.4) is 0 Å². The monoisotopic (exact) mass is 564 g/mol. The van der Waals surface area contributed by atoms with Gasteiger partial charge in [0.05, 0.1) is 45.5 Å². The van der Waals surface area contributed by atoms with Crippen LogP contribution < -0.4 is 0 Å². The van der Waals surface area contributed by atoms with Crippen LogP contribution in [0.4, 0.5) is 0 Å². The Labute approximate surface area is 242 Å². The fraction of sp³-hybridized carbons (Fsp3) is 0. The smallest absolute Gasteiger partial charge is 0.346 e. The number of esters is 2. The highest BCUT2D eigenvalue weighted by atomic mass is 16.6. The molecule has 0 saturated carbocycles. The van der Waals surface area contributed by atoms with E-state index in [1.807, 2.05) is 12.1 Å². The molecule has 0 aliphatic carbocycles. The zero-order valence-electron chi connectivity index (χ0n) is 21.9. The Morgan fingerprint density at radius 3 is 1.33 bits per heavy atom. The van der Waals surface area contributed by atoms with E-state index in [2.05, 4.69) is 0 Å². The van der Waals surface area contributed by atoms with Crippen LogP contribution in [0.15, 0.2) is 84.9 Å². The fourth-order valence-electron chi connectivity index (χ4n) is 5.43. The van der Waals surface area contributed by atoms with Crippen molar-refractivity contribution >= 4 is 67.0 Å². The SMILES string of the molecule is N#Cc1ccc2cc(C(=O)O)c3c(C(=O)OC(=O)c4cccc5c4c(C(=O)O)cc4ccc(C#N)cc45)cccc3c2c1. The average Bonchev–Trinajstić information content (AvgIpc) is 3.02. The molecule has 43 heavy (non-hydrogen) atoms. The summed E-state index contributed by atoms with van der Waals surface area (Å²) in [4.78, 5) is 51.5. The highest BCUT2D eigenvalue weighted by Gasteiger charge is 2.25. The molecule has 0 heterocycles. The molecule has 0 aliphatic heterocycles. The molecule has 9 nitrogen and oxygen atoms in total. The maximum Gasteiger partial charge on any atom is 0.346 e. The number of nitrogens with zero attached hydrogens (tertiary/aromatic N) is 2. The minimum absolute atomic E-state index is 0.0227. The van der Waals surface area contributed by atoms with E-state index in [1.54, 1.807) is 48.5 Å². The lowest BCUT2D eigenvalue weighted by Gasteiger charge is -2.14. The molecule has 6 aromatic rings. The van der Waals surface area contributed by atoms with Crippen molar-refractivity contribution in [2.45, 2.75) is 0 Å². The Bertz CT molecular complexity index is 2180. The van der Waals surface area contributed by atoms with E-state index in [9.17, 15) is 39.9 Å². The maximum atomic E-state index is 13.5. The number of benzene rings is 6. The molecule has 0 saturated heterocycles. The quantitative estimate of drug-likeness (QED) is 0.139. The number of carbonyl (C=O) groups excluding carboxylic acids is 2. The molecule has 204 valence electrons. The first kappa shape index (κ1) is 26.6. The lowest BCUT2D eigenvalue weighted by molar-refractivity contribution is 0.0400. The summed E-state index contributed by atoms with van der Waals surface area (Å²) in [5, 5.41) is 41.6. The van der Waals surface area contributed by atoms with Gasteiger partial charge in [-0.3, -0.25) is 0 Å². The second kappa shape index (κ2) is 10.1. The third kappa shape index (κ3) is 4.34. The Hall–Kier alpha value is -6.58. The summed E-state index contributed by atoms with van der Waals surface area (Å²) in [5.74, 6) is -4.91. The van der Waals surface area contributed by atoms with Crippen molar-refractivity contribution in [3.05, 3.63) is 118 Å². The summed E-state index contributed by atoms with van der Waals surface area (Å²) in [7, 11) is 0. The summed E-state index contributed by atoms with van der Waals surface area (Å²) < 4.78 is 5.25. The predicted molar refractivity (Wildman–Crippen MR) is 156 cm³/mol. The van der Waals surface area contributed by atoms with Gasteiger partial charge in [-0.25, -0.2) is 19.2 Å². The van der Waals surface area contributed by atoms with Crippen LogP contribution in [-0.2, 0) is 4.74 Å². The van der Waals surface area contributed by atoms with Gasteiger partial charge in [-0.1, -0.05) is 36.4 Å². The van der Waals surface area contributed by atoms with Crippen LogP contribution in [0.5, 0.6) is 0 Å². The molecule has 9 heteroatoms. The summed E-state index contributed by atoms with van der Waals surface area (Å²) >= 11 is 0. The van der Waals surface area contributed by atoms with E-state index >= 15 is 0 Å². The van der Waals surface area contributed by atoms with Gasteiger partial charge in [0.1, 0.15) is 0 Å². The highest BCUT2D eigenvalue weighted by molar-refractivity contribution is 6.24. The molecular formula is C34H16N2O7. The van der Waals surface area contributed by atoms with Gasteiger partial charge >= 0.3 is 23.9 Å². The van der Waals surface area contributed by atoms with Crippen molar-refractivity contribution in [2.24, 2.45) is 0 Å². The van der Waals surface area contributed by atoms with Crippen LogP contribution in [0.1, 0.15) is 52.6 Å². The number of carboxylic acid groups (broad SMARTS) is 2. The van der Waals surface area contributed by atoms with Gasteiger partial charge in [0.25, 0.3) is 0 Å². The van der Waals surface area contributed by atoms with E-state index in [0.717, 1.165) is 0 Å². The molecule has 0 spiro atoms. The number of carbonyl (C=O) groups is 4. The second-order valence-corrected chi connectivity index (χ2v) is 9.69. The lowest BCUT2D eigenvalue weighted by Crippen LogP contribution is -2.15. The Morgan fingerprint density at radius 2 is 0.953 bits per heavy atom. The second-order valence-electron chi connectivity index (χ2n) is 9.69. The van der Waals surface area contributed by atoms with E-state index in [4.69, 9.17) is 4.74 Å². The van der Waals surface area contributed by atoms with Gasteiger partial charge < -0.3 is 14.9 Å².